The van der Waals surface area contributed by atoms with Crippen LogP contribution in [-0.2, 0) is 12.0 Å². The summed E-state index contributed by atoms with van der Waals surface area (Å²) in [5.74, 6) is 1.20. The summed E-state index contributed by atoms with van der Waals surface area (Å²) in [7, 11) is 0. The smallest absolute Gasteiger partial charge is 0.115 e. The number of rotatable bonds is 2. The van der Waals surface area contributed by atoms with Gasteiger partial charge in [-0.3, -0.25) is 0 Å². The van der Waals surface area contributed by atoms with Gasteiger partial charge in [0, 0.05) is 18.0 Å². The van der Waals surface area contributed by atoms with Gasteiger partial charge in [-0.15, -0.1) is 0 Å². The highest BCUT2D eigenvalue weighted by atomic mass is 15.1. The Bertz CT molecular complexity index is 586. The first-order chi connectivity index (χ1) is 8.50. The van der Waals surface area contributed by atoms with Gasteiger partial charge in [-0.2, -0.15) is 0 Å². The lowest BCUT2D eigenvalue weighted by molar-refractivity contribution is 0.507. The third kappa shape index (κ3) is 1.83. The summed E-state index contributed by atoms with van der Waals surface area (Å²) in [5, 5.41) is 0. The molecular formula is C15H21N3. The Hall–Kier alpha value is -1.35. The molecule has 0 saturated heterocycles. The SMILES string of the molecule is CC(C)(C)c1nc2cc(CN)ccc2n1C1CC1. The standard InChI is InChI=1S/C15H21N3/c1-15(2,3)14-17-12-8-10(9-16)4-7-13(12)18(14)11-5-6-11/h4,7-8,11H,5-6,9,16H2,1-3H3. The number of benzene rings is 1. The zero-order valence-corrected chi connectivity index (χ0v) is 11.4. The molecule has 0 atom stereocenters. The Morgan fingerprint density at radius 1 is 1.33 bits per heavy atom. The number of nitrogens with zero attached hydrogens (tertiary/aromatic N) is 2. The predicted octanol–water partition coefficient (Wildman–Crippen LogP) is 3.13. The molecule has 3 rings (SSSR count). The van der Waals surface area contributed by atoms with Crippen LogP contribution in [0.3, 0.4) is 0 Å². The van der Waals surface area contributed by atoms with E-state index in [9.17, 15) is 0 Å². The monoisotopic (exact) mass is 243 g/mol. The first kappa shape index (κ1) is 11.7. The lowest BCUT2D eigenvalue weighted by Gasteiger charge is -2.19. The highest BCUT2D eigenvalue weighted by Crippen LogP contribution is 2.41. The Morgan fingerprint density at radius 2 is 2.06 bits per heavy atom. The van der Waals surface area contributed by atoms with Crippen LogP contribution in [0.2, 0.25) is 0 Å². The fourth-order valence-corrected chi connectivity index (χ4v) is 2.50. The Morgan fingerprint density at radius 3 is 2.61 bits per heavy atom. The molecule has 1 aliphatic rings. The zero-order chi connectivity index (χ0) is 12.9. The molecule has 18 heavy (non-hydrogen) atoms. The summed E-state index contributed by atoms with van der Waals surface area (Å²) in [6.45, 7) is 7.28. The van der Waals surface area contributed by atoms with Crippen molar-refractivity contribution in [1.29, 1.82) is 0 Å². The normalized spacial score (nSPS) is 16.4. The molecule has 3 nitrogen and oxygen atoms in total. The van der Waals surface area contributed by atoms with Crippen LogP contribution in [0.1, 0.15) is 51.0 Å². The molecule has 1 aliphatic carbocycles. The molecule has 1 fully saturated rings. The Balaban J connectivity index is 2.25. The molecule has 0 aliphatic heterocycles. The van der Waals surface area contributed by atoms with E-state index in [0.717, 1.165) is 11.1 Å². The summed E-state index contributed by atoms with van der Waals surface area (Å²) >= 11 is 0. The van der Waals surface area contributed by atoms with Crippen LogP contribution < -0.4 is 5.73 Å². The van der Waals surface area contributed by atoms with Gasteiger partial charge in [-0.25, -0.2) is 4.98 Å². The van der Waals surface area contributed by atoms with Crippen LogP contribution in [0.15, 0.2) is 18.2 Å². The van der Waals surface area contributed by atoms with Crippen molar-refractivity contribution in [3.63, 3.8) is 0 Å². The van der Waals surface area contributed by atoms with E-state index >= 15 is 0 Å². The molecule has 1 saturated carbocycles. The van der Waals surface area contributed by atoms with Crippen LogP contribution in [0, 0.1) is 0 Å². The number of hydrogen-bond donors (Lipinski definition) is 1. The molecule has 0 radical (unpaired) electrons. The minimum Gasteiger partial charge on any atom is -0.326 e. The van der Waals surface area contributed by atoms with Crippen molar-refractivity contribution in [2.75, 3.05) is 0 Å². The molecule has 1 aromatic heterocycles. The average Bonchev–Trinajstić information content (AvgIpc) is 3.07. The van der Waals surface area contributed by atoms with Gasteiger partial charge in [-0.05, 0) is 30.5 Å². The number of imidazole rings is 1. The van der Waals surface area contributed by atoms with Crippen molar-refractivity contribution < 1.29 is 0 Å². The van der Waals surface area contributed by atoms with E-state index in [4.69, 9.17) is 10.7 Å². The molecule has 1 aromatic carbocycles. The van der Waals surface area contributed by atoms with Crippen molar-refractivity contribution in [2.45, 2.75) is 51.6 Å². The molecule has 0 unspecified atom stereocenters. The van der Waals surface area contributed by atoms with Crippen LogP contribution in [0.25, 0.3) is 11.0 Å². The van der Waals surface area contributed by atoms with Gasteiger partial charge in [0.05, 0.1) is 11.0 Å². The minimum absolute atomic E-state index is 0.0878. The number of hydrogen-bond acceptors (Lipinski definition) is 2. The molecule has 1 heterocycles. The third-order valence-electron chi connectivity index (χ3n) is 3.57. The van der Waals surface area contributed by atoms with E-state index in [1.807, 2.05) is 0 Å². The fourth-order valence-electron chi connectivity index (χ4n) is 2.50. The zero-order valence-electron chi connectivity index (χ0n) is 11.4. The maximum Gasteiger partial charge on any atom is 0.115 e. The fraction of sp³-hybridized carbons (Fsp3) is 0.533. The maximum atomic E-state index is 5.71. The summed E-state index contributed by atoms with van der Waals surface area (Å²) in [4.78, 5) is 4.86. The predicted molar refractivity (Wildman–Crippen MR) is 74.6 cm³/mol. The molecule has 0 bridgehead atoms. The number of nitrogens with two attached hydrogens (primary N) is 1. The summed E-state index contributed by atoms with van der Waals surface area (Å²) in [6, 6.07) is 7.09. The van der Waals surface area contributed by atoms with Crippen LogP contribution in [0.4, 0.5) is 0 Å². The summed E-state index contributed by atoms with van der Waals surface area (Å²) < 4.78 is 2.44. The van der Waals surface area contributed by atoms with Gasteiger partial charge in [-0.1, -0.05) is 26.8 Å². The van der Waals surface area contributed by atoms with Crippen molar-refractivity contribution in [3.8, 4) is 0 Å². The van der Waals surface area contributed by atoms with E-state index in [0.29, 0.717) is 12.6 Å². The van der Waals surface area contributed by atoms with Crippen molar-refractivity contribution >= 4 is 11.0 Å². The second-order valence-electron chi connectivity index (χ2n) is 6.31. The Labute approximate surface area is 108 Å². The van der Waals surface area contributed by atoms with Gasteiger partial charge in [0.15, 0.2) is 0 Å². The molecule has 0 spiro atoms. The van der Waals surface area contributed by atoms with Crippen LogP contribution >= 0.6 is 0 Å². The van der Waals surface area contributed by atoms with Gasteiger partial charge in [0.1, 0.15) is 5.82 Å². The van der Waals surface area contributed by atoms with Crippen molar-refractivity contribution in [1.82, 2.24) is 9.55 Å². The van der Waals surface area contributed by atoms with E-state index in [2.05, 4.69) is 43.5 Å². The highest BCUT2D eigenvalue weighted by Gasteiger charge is 2.32. The topological polar surface area (TPSA) is 43.8 Å². The van der Waals surface area contributed by atoms with Crippen LogP contribution in [0.5, 0.6) is 0 Å². The molecular weight excluding hydrogens is 222 g/mol. The van der Waals surface area contributed by atoms with E-state index in [-0.39, 0.29) is 5.41 Å². The van der Waals surface area contributed by atoms with E-state index < -0.39 is 0 Å². The minimum atomic E-state index is 0.0878. The Kier molecular flexibility index (Phi) is 2.49. The summed E-state index contributed by atoms with van der Waals surface area (Å²) in [5.41, 5.74) is 9.31. The molecule has 96 valence electrons. The number of fused-ring (bicyclic) bond motifs is 1. The van der Waals surface area contributed by atoms with Crippen LogP contribution in [-0.4, -0.2) is 9.55 Å². The first-order valence-corrected chi connectivity index (χ1v) is 6.72. The van der Waals surface area contributed by atoms with Gasteiger partial charge >= 0.3 is 0 Å². The van der Waals surface area contributed by atoms with E-state index in [1.54, 1.807) is 0 Å². The first-order valence-electron chi connectivity index (χ1n) is 6.72. The second-order valence-corrected chi connectivity index (χ2v) is 6.31. The maximum absolute atomic E-state index is 5.71. The number of aromatic nitrogens is 2. The quantitative estimate of drug-likeness (QED) is 0.880. The lowest BCUT2D eigenvalue weighted by Crippen LogP contribution is -2.18. The lowest BCUT2D eigenvalue weighted by atomic mass is 9.95. The van der Waals surface area contributed by atoms with Gasteiger partial charge in [0.2, 0.25) is 0 Å². The third-order valence-corrected chi connectivity index (χ3v) is 3.57. The molecule has 2 aromatic rings. The highest BCUT2D eigenvalue weighted by molar-refractivity contribution is 5.77. The van der Waals surface area contributed by atoms with Crippen molar-refractivity contribution in [2.24, 2.45) is 5.73 Å². The van der Waals surface area contributed by atoms with Crippen molar-refractivity contribution in [3.05, 3.63) is 29.6 Å². The largest absolute Gasteiger partial charge is 0.326 e. The molecule has 3 heteroatoms. The van der Waals surface area contributed by atoms with E-state index in [1.165, 1.54) is 24.2 Å². The molecule has 2 N–H and O–H groups in total. The van der Waals surface area contributed by atoms with Gasteiger partial charge in [0.25, 0.3) is 0 Å². The molecule has 0 amide bonds. The summed E-state index contributed by atoms with van der Waals surface area (Å²) in [6.07, 6.45) is 2.57. The second kappa shape index (κ2) is 3.82. The average molecular weight is 243 g/mol. The van der Waals surface area contributed by atoms with Gasteiger partial charge < -0.3 is 10.3 Å².